The van der Waals surface area contributed by atoms with Crippen LogP contribution in [0, 0.1) is 41.4 Å². The summed E-state index contributed by atoms with van der Waals surface area (Å²) in [5.74, 6) is 2.29. The van der Waals surface area contributed by atoms with E-state index in [-0.39, 0.29) is 96.7 Å². The van der Waals surface area contributed by atoms with Gasteiger partial charge in [-0.3, -0.25) is 0 Å². The molecule has 0 N–H and O–H groups in total. The quantitative estimate of drug-likeness (QED) is 0.0282. The minimum Gasteiger partial charge on any atom is -0.497 e. The number of hydrogen-bond donors (Lipinski definition) is 0. The summed E-state index contributed by atoms with van der Waals surface area (Å²) in [6.07, 6.45) is 13.0. The van der Waals surface area contributed by atoms with Crippen molar-refractivity contribution in [3.05, 3.63) is 108 Å². The third-order valence-corrected chi connectivity index (χ3v) is 25.9. The molecule has 1 heterocycles. The molecule has 0 bridgehead atoms. The maximum atomic E-state index is 7.44. The van der Waals surface area contributed by atoms with Crippen molar-refractivity contribution in [2.75, 3.05) is 48.6 Å². The zero-order valence-corrected chi connectivity index (χ0v) is 53.7. The van der Waals surface area contributed by atoms with Gasteiger partial charge in [-0.05, 0) is 91.3 Å². The summed E-state index contributed by atoms with van der Waals surface area (Å²) in [4.78, 5) is 0. The fraction of sp³-hybridized carbons (Fsp3) is 0.688. The van der Waals surface area contributed by atoms with E-state index in [1.165, 1.54) is 5.57 Å². The highest BCUT2D eigenvalue weighted by Gasteiger charge is 2.45. The molecule has 11 nitrogen and oxygen atoms in total. The number of allylic oxidation sites excluding steroid dienone is 3. The van der Waals surface area contributed by atoms with Gasteiger partial charge in [-0.25, -0.2) is 0 Å². The van der Waals surface area contributed by atoms with Crippen LogP contribution in [0.5, 0.6) is 11.5 Å². The highest BCUT2D eigenvalue weighted by molar-refractivity contribution is 6.74. The van der Waals surface area contributed by atoms with Crippen molar-refractivity contribution >= 4 is 16.6 Å². The van der Waals surface area contributed by atoms with Gasteiger partial charge in [-0.2, -0.15) is 0 Å². The Labute approximate surface area is 471 Å². The molecule has 438 valence electrons. The Morgan fingerprint density at radius 3 is 1.84 bits per heavy atom. The molecule has 1 saturated heterocycles. The summed E-state index contributed by atoms with van der Waals surface area (Å²) >= 11 is 0. The van der Waals surface area contributed by atoms with Crippen LogP contribution >= 0.6 is 0 Å². The van der Waals surface area contributed by atoms with Crippen LogP contribution in [0.3, 0.4) is 0 Å². The van der Waals surface area contributed by atoms with Crippen LogP contribution in [0.1, 0.15) is 127 Å². The van der Waals surface area contributed by atoms with E-state index < -0.39 is 22.9 Å². The van der Waals surface area contributed by atoms with Crippen LogP contribution in [-0.4, -0.2) is 102 Å². The molecule has 14 atom stereocenters. The van der Waals surface area contributed by atoms with Crippen LogP contribution in [0.25, 0.3) is 0 Å². The summed E-state index contributed by atoms with van der Waals surface area (Å²) in [6.45, 7) is 42.0. The number of ether oxygens (including phenoxy) is 9. The summed E-state index contributed by atoms with van der Waals surface area (Å²) in [5, 5.41) is -0.00831. The largest absolute Gasteiger partial charge is 0.497 e. The van der Waals surface area contributed by atoms with Gasteiger partial charge in [0.25, 0.3) is 0 Å². The van der Waals surface area contributed by atoms with Crippen molar-refractivity contribution in [2.24, 2.45) is 41.4 Å². The van der Waals surface area contributed by atoms with Gasteiger partial charge in [0.1, 0.15) is 25.1 Å². The van der Waals surface area contributed by atoms with Gasteiger partial charge in [-0.15, -0.1) is 0 Å². The number of hydrogen-bond acceptors (Lipinski definition) is 11. The lowest BCUT2D eigenvalue weighted by atomic mass is 9.81. The molecule has 2 aromatic rings. The second-order valence-corrected chi connectivity index (χ2v) is 33.2. The van der Waals surface area contributed by atoms with E-state index in [0.717, 1.165) is 47.2 Å². The van der Waals surface area contributed by atoms with Gasteiger partial charge in [0.2, 0.25) is 0 Å². The van der Waals surface area contributed by atoms with Crippen molar-refractivity contribution in [2.45, 2.75) is 196 Å². The Morgan fingerprint density at radius 2 is 1.30 bits per heavy atom. The SMILES string of the molecule is C=C/C=C\[C@H](C)[C@H](O[Si](CC)(CC)CC)[C@@H](C)[C@H](OCc1ccc(OC)cc1)[C@@H](C)C/C(C)=C\[C@H](C)[C@@H](OCOC)[C@@H](C)/C=C\[C@H](C[C@H](O[Si](C)(C)C(C)(C)C)[C@H](C)[C@@H]1O[C@H](c2ccc(OC)cc2)OC[C@@H]1C)OCOC. The molecule has 3 rings (SSSR count). The molecule has 0 aliphatic carbocycles. The van der Waals surface area contributed by atoms with Crippen molar-refractivity contribution in [3.63, 3.8) is 0 Å². The predicted octanol–water partition coefficient (Wildman–Crippen LogP) is 15.9. The fourth-order valence-electron chi connectivity index (χ4n) is 10.8. The topological polar surface area (TPSA) is 102 Å². The Hall–Kier alpha value is -2.93. The van der Waals surface area contributed by atoms with Crippen molar-refractivity contribution in [3.8, 4) is 11.5 Å². The second kappa shape index (κ2) is 33.7. The number of benzene rings is 2. The molecule has 77 heavy (non-hydrogen) atoms. The van der Waals surface area contributed by atoms with Gasteiger partial charge in [0, 0.05) is 55.8 Å². The Bertz CT molecular complexity index is 2020. The second-order valence-electron chi connectivity index (χ2n) is 23.8. The Balaban J connectivity index is 1.98. The van der Waals surface area contributed by atoms with E-state index in [4.69, 9.17) is 51.5 Å². The van der Waals surface area contributed by atoms with E-state index in [1.54, 1.807) is 28.4 Å². The third kappa shape index (κ3) is 21.2. The van der Waals surface area contributed by atoms with Gasteiger partial charge in [-0.1, -0.05) is 163 Å². The van der Waals surface area contributed by atoms with Crippen LogP contribution in [0.4, 0.5) is 0 Å². The van der Waals surface area contributed by atoms with E-state index >= 15 is 0 Å². The zero-order chi connectivity index (χ0) is 57.5. The lowest BCUT2D eigenvalue weighted by molar-refractivity contribution is -0.256. The van der Waals surface area contributed by atoms with Gasteiger partial charge >= 0.3 is 0 Å². The molecule has 0 spiro atoms. The minimum atomic E-state index is -2.27. The molecular weight excluding hydrogens is 1000 g/mol. The highest BCUT2D eigenvalue weighted by Crippen LogP contribution is 2.42. The normalized spacial score (nSPS) is 21.5. The molecular formula is C64H108O11Si2. The summed E-state index contributed by atoms with van der Waals surface area (Å²) in [5.41, 5.74) is 3.36. The molecule has 1 fully saturated rings. The van der Waals surface area contributed by atoms with Crippen LogP contribution in [0.2, 0.25) is 36.3 Å². The van der Waals surface area contributed by atoms with E-state index in [0.29, 0.717) is 19.6 Å². The average Bonchev–Trinajstić information content (AvgIpc) is 3.41. The lowest BCUT2D eigenvalue weighted by Crippen LogP contribution is -2.50. The summed E-state index contributed by atoms with van der Waals surface area (Å²) in [7, 11) is 2.46. The van der Waals surface area contributed by atoms with Crippen LogP contribution in [0.15, 0.2) is 97.1 Å². The summed E-state index contributed by atoms with van der Waals surface area (Å²) in [6, 6.07) is 19.4. The average molecular weight is 1110 g/mol. The molecule has 1 aliphatic heterocycles. The fourth-order valence-corrected chi connectivity index (χ4v) is 15.2. The van der Waals surface area contributed by atoms with E-state index in [1.807, 2.05) is 42.5 Å². The molecule has 0 saturated carbocycles. The van der Waals surface area contributed by atoms with Crippen molar-refractivity contribution in [1.82, 2.24) is 0 Å². The molecule has 0 radical (unpaired) electrons. The first kappa shape index (κ1) is 68.3. The monoisotopic (exact) mass is 1110 g/mol. The highest BCUT2D eigenvalue weighted by atomic mass is 28.4. The first-order chi connectivity index (χ1) is 36.5. The zero-order valence-electron chi connectivity index (χ0n) is 51.7. The summed E-state index contributed by atoms with van der Waals surface area (Å²) < 4.78 is 70.2. The maximum absolute atomic E-state index is 7.44. The standard InChI is InChI=1S/C64H108O11Si2/c1-22-26-27-46(6)62(75-77(23-2,24-3)25-4)52(12)60(69-42-53-29-34-55(67-18)35-30-53)49(9)39-45(5)38-48(8)59(72-44-66-17)47(7)28-33-57(71-43-65-16)40-58(74-76(20,21)64(13,14)15)51(11)61-50(10)41-70-63(73-61)54-31-36-56(68-19)37-32-54/h22,26-38,46-52,57-63H,1,23-25,39-44H2,2-21H3/b27-26-,33-28-,45-38-/t46-,47-,48-,49-,50-,51-,52-,57+,58-,59-,60+,61+,62-,63+/m0/s1. The van der Waals surface area contributed by atoms with Crippen molar-refractivity contribution < 1.29 is 51.5 Å². The molecule has 0 amide bonds. The van der Waals surface area contributed by atoms with E-state index in [2.05, 4.69) is 159 Å². The molecule has 0 aromatic heterocycles. The van der Waals surface area contributed by atoms with Crippen LogP contribution < -0.4 is 9.47 Å². The van der Waals surface area contributed by atoms with Gasteiger partial charge < -0.3 is 51.5 Å². The first-order valence-electron chi connectivity index (χ1n) is 28.8. The number of rotatable bonds is 36. The van der Waals surface area contributed by atoms with Gasteiger partial charge in [0.15, 0.2) is 22.9 Å². The molecule has 1 aliphatic rings. The van der Waals surface area contributed by atoms with Crippen LogP contribution in [-0.2, 0) is 48.6 Å². The smallest absolute Gasteiger partial charge is 0.192 e. The maximum Gasteiger partial charge on any atom is 0.192 e. The third-order valence-electron chi connectivity index (χ3n) is 16.8. The Morgan fingerprint density at radius 1 is 0.727 bits per heavy atom. The van der Waals surface area contributed by atoms with Gasteiger partial charge in [0.05, 0.1) is 64.1 Å². The lowest BCUT2D eigenvalue weighted by Gasteiger charge is -2.45. The number of methoxy groups -OCH3 is 4. The predicted molar refractivity (Wildman–Crippen MR) is 321 cm³/mol. The Kier molecular flexibility index (Phi) is 29.9. The molecule has 2 aromatic carbocycles. The molecule has 0 unspecified atom stereocenters. The minimum absolute atomic E-state index is 0.000279. The van der Waals surface area contributed by atoms with Crippen molar-refractivity contribution in [1.29, 1.82) is 0 Å². The van der Waals surface area contributed by atoms with E-state index in [9.17, 15) is 0 Å². The first-order valence-corrected chi connectivity index (χ1v) is 34.3. The molecule has 13 heteroatoms.